The number of benzene rings is 1. The highest BCUT2D eigenvalue weighted by atomic mass is 16.5. The highest BCUT2D eigenvalue weighted by Crippen LogP contribution is 2.24. The molecule has 0 heterocycles. The summed E-state index contributed by atoms with van der Waals surface area (Å²) in [6, 6.07) is 5.51. The van der Waals surface area contributed by atoms with Crippen LogP contribution in [0.15, 0.2) is 12.1 Å². The Morgan fingerprint density at radius 3 is 2.44 bits per heavy atom. The molecule has 1 aromatic carbocycles. The van der Waals surface area contributed by atoms with Gasteiger partial charge in [-0.3, -0.25) is 4.79 Å². The van der Waals surface area contributed by atoms with Gasteiger partial charge in [-0.05, 0) is 37.1 Å². The summed E-state index contributed by atoms with van der Waals surface area (Å²) in [6.45, 7) is 3.82. The highest BCUT2D eigenvalue weighted by Gasteiger charge is 2.07. The van der Waals surface area contributed by atoms with Crippen LogP contribution in [-0.2, 0) is 4.79 Å². The van der Waals surface area contributed by atoms with Crippen molar-refractivity contribution < 1.29 is 14.6 Å². The molecule has 0 fully saturated rings. The van der Waals surface area contributed by atoms with E-state index in [-0.39, 0.29) is 13.0 Å². The van der Waals surface area contributed by atoms with Crippen molar-refractivity contribution in [2.24, 2.45) is 0 Å². The van der Waals surface area contributed by atoms with Crippen LogP contribution in [-0.4, -0.2) is 17.7 Å². The van der Waals surface area contributed by atoms with E-state index in [0.717, 1.165) is 11.1 Å². The molecule has 0 aliphatic carbocycles. The third-order valence-electron chi connectivity index (χ3n) is 2.15. The second kappa shape index (κ2) is 5.17. The second-order valence-corrected chi connectivity index (χ2v) is 3.54. The zero-order valence-corrected chi connectivity index (χ0v) is 9.28. The van der Waals surface area contributed by atoms with Gasteiger partial charge in [0.25, 0.3) is 0 Å². The molecule has 0 aliphatic heterocycles. The molecule has 0 amide bonds. The summed E-state index contributed by atoms with van der Waals surface area (Å²) in [4.78, 5) is 10.3. The number of rotatable bonds is 4. The van der Waals surface area contributed by atoms with Gasteiger partial charge in [-0.1, -0.05) is 0 Å². The van der Waals surface area contributed by atoms with Crippen molar-refractivity contribution in [3.63, 3.8) is 0 Å². The van der Waals surface area contributed by atoms with E-state index >= 15 is 0 Å². The Bertz CT molecular complexity index is 423. The van der Waals surface area contributed by atoms with Gasteiger partial charge in [-0.2, -0.15) is 5.26 Å². The van der Waals surface area contributed by atoms with Crippen LogP contribution in [0.3, 0.4) is 0 Å². The van der Waals surface area contributed by atoms with Crippen LogP contribution in [0.1, 0.15) is 23.1 Å². The lowest BCUT2D eigenvalue weighted by Crippen LogP contribution is -2.06. The van der Waals surface area contributed by atoms with Gasteiger partial charge in [0, 0.05) is 0 Å². The number of hydrogen-bond acceptors (Lipinski definition) is 3. The Kier molecular flexibility index (Phi) is 3.90. The topological polar surface area (TPSA) is 70.3 Å². The van der Waals surface area contributed by atoms with Crippen LogP contribution in [0.25, 0.3) is 0 Å². The van der Waals surface area contributed by atoms with E-state index in [9.17, 15) is 4.79 Å². The van der Waals surface area contributed by atoms with E-state index < -0.39 is 5.97 Å². The van der Waals surface area contributed by atoms with Crippen LogP contribution >= 0.6 is 0 Å². The maximum Gasteiger partial charge on any atom is 0.306 e. The maximum atomic E-state index is 10.3. The predicted molar refractivity (Wildman–Crippen MR) is 58.4 cm³/mol. The Hall–Kier alpha value is -2.02. The number of nitrogens with zero attached hydrogens (tertiary/aromatic N) is 1. The maximum absolute atomic E-state index is 10.3. The van der Waals surface area contributed by atoms with Crippen molar-refractivity contribution in [3.8, 4) is 11.8 Å². The number of carboxylic acid groups (broad SMARTS) is 1. The van der Waals surface area contributed by atoms with Gasteiger partial charge in [0.05, 0.1) is 24.7 Å². The number of carboxylic acids is 1. The lowest BCUT2D eigenvalue weighted by atomic mass is 10.1. The van der Waals surface area contributed by atoms with E-state index in [1.54, 1.807) is 12.1 Å². The molecule has 0 saturated heterocycles. The van der Waals surface area contributed by atoms with E-state index in [0.29, 0.717) is 11.3 Å². The van der Waals surface area contributed by atoms with Gasteiger partial charge in [0.2, 0.25) is 0 Å². The predicted octanol–water partition coefficient (Wildman–Crippen LogP) is 2.03. The summed E-state index contributed by atoms with van der Waals surface area (Å²) >= 11 is 0. The first-order valence-electron chi connectivity index (χ1n) is 4.90. The molecule has 1 aromatic rings. The van der Waals surface area contributed by atoms with Gasteiger partial charge in [-0.15, -0.1) is 0 Å². The Labute approximate surface area is 94.1 Å². The first kappa shape index (κ1) is 12.1. The van der Waals surface area contributed by atoms with Crippen LogP contribution in [0.4, 0.5) is 0 Å². The molecule has 0 saturated carbocycles. The molecule has 4 nitrogen and oxygen atoms in total. The molecule has 0 aliphatic rings. The molecule has 0 atom stereocenters. The molecule has 1 rings (SSSR count). The molecular weight excluding hydrogens is 206 g/mol. The molecule has 4 heteroatoms. The highest BCUT2D eigenvalue weighted by molar-refractivity contribution is 5.66. The summed E-state index contributed by atoms with van der Waals surface area (Å²) in [5.41, 5.74) is 2.28. The van der Waals surface area contributed by atoms with E-state index in [1.807, 2.05) is 13.8 Å². The number of aryl methyl sites for hydroxylation is 2. The van der Waals surface area contributed by atoms with E-state index in [4.69, 9.17) is 15.1 Å². The number of ether oxygens (including phenoxy) is 1. The Balaban J connectivity index is 2.81. The third kappa shape index (κ3) is 2.99. The smallest absolute Gasteiger partial charge is 0.306 e. The first-order chi connectivity index (χ1) is 7.54. The summed E-state index contributed by atoms with van der Waals surface area (Å²) < 4.78 is 5.39. The third-order valence-corrected chi connectivity index (χ3v) is 2.15. The summed E-state index contributed by atoms with van der Waals surface area (Å²) in [6.07, 6.45) is -0.0289. The lowest BCUT2D eigenvalue weighted by Gasteiger charge is -2.11. The molecule has 0 spiro atoms. The SMILES string of the molecule is Cc1cc(C#N)cc(C)c1OCCC(=O)O. The number of carbonyl (C=O) groups is 1. The van der Waals surface area contributed by atoms with Crippen LogP contribution in [0.5, 0.6) is 5.75 Å². The van der Waals surface area contributed by atoms with E-state index in [1.165, 1.54) is 0 Å². The van der Waals surface area contributed by atoms with Gasteiger partial charge < -0.3 is 9.84 Å². The van der Waals surface area contributed by atoms with Gasteiger partial charge in [0.15, 0.2) is 0 Å². The summed E-state index contributed by atoms with van der Waals surface area (Å²) in [5.74, 6) is -0.218. The monoisotopic (exact) mass is 219 g/mol. The van der Waals surface area contributed by atoms with Crippen molar-refractivity contribution >= 4 is 5.97 Å². The largest absolute Gasteiger partial charge is 0.492 e. The van der Waals surface area contributed by atoms with Crippen molar-refractivity contribution in [1.82, 2.24) is 0 Å². The number of nitriles is 1. The average Bonchev–Trinajstić information content (AvgIpc) is 2.21. The molecule has 0 bridgehead atoms. The van der Waals surface area contributed by atoms with Gasteiger partial charge >= 0.3 is 5.97 Å². The van der Waals surface area contributed by atoms with Gasteiger partial charge in [0.1, 0.15) is 5.75 Å². The minimum Gasteiger partial charge on any atom is -0.492 e. The van der Waals surface area contributed by atoms with Gasteiger partial charge in [-0.25, -0.2) is 0 Å². The van der Waals surface area contributed by atoms with Crippen molar-refractivity contribution in [3.05, 3.63) is 28.8 Å². The van der Waals surface area contributed by atoms with E-state index in [2.05, 4.69) is 6.07 Å². The summed E-state index contributed by atoms with van der Waals surface area (Å²) in [7, 11) is 0. The second-order valence-electron chi connectivity index (χ2n) is 3.54. The molecular formula is C12H13NO3. The Morgan fingerprint density at radius 1 is 1.44 bits per heavy atom. The van der Waals surface area contributed by atoms with Crippen LogP contribution in [0, 0.1) is 25.2 Å². The molecule has 16 heavy (non-hydrogen) atoms. The number of hydrogen-bond donors (Lipinski definition) is 1. The molecule has 0 aromatic heterocycles. The zero-order chi connectivity index (χ0) is 12.1. The minimum atomic E-state index is -0.885. The normalized spacial score (nSPS) is 9.56. The van der Waals surface area contributed by atoms with Crippen molar-refractivity contribution in [2.45, 2.75) is 20.3 Å². The number of aliphatic carboxylic acids is 1. The van der Waals surface area contributed by atoms with Crippen LogP contribution in [0.2, 0.25) is 0 Å². The molecule has 0 radical (unpaired) electrons. The van der Waals surface area contributed by atoms with Crippen molar-refractivity contribution in [1.29, 1.82) is 5.26 Å². The lowest BCUT2D eigenvalue weighted by molar-refractivity contribution is -0.137. The fraction of sp³-hybridized carbons (Fsp3) is 0.333. The van der Waals surface area contributed by atoms with Crippen LogP contribution < -0.4 is 4.74 Å². The molecule has 0 unspecified atom stereocenters. The molecule has 1 N–H and O–H groups in total. The Morgan fingerprint density at radius 2 is 2.00 bits per heavy atom. The molecule has 84 valence electrons. The standard InChI is InChI=1S/C12H13NO3/c1-8-5-10(7-13)6-9(2)12(8)16-4-3-11(14)15/h5-6H,3-4H2,1-2H3,(H,14,15). The quantitative estimate of drug-likeness (QED) is 0.841. The summed E-state index contributed by atoms with van der Waals surface area (Å²) in [5, 5.41) is 17.2. The fourth-order valence-corrected chi connectivity index (χ4v) is 1.48. The fourth-order valence-electron chi connectivity index (χ4n) is 1.48. The van der Waals surface area contributed by atoms with Crippen molar-refractivity contribution in [2.75, 3.05) is 6.61 Å². The average molecular weight is 219 g/mol. The zero-order valence-electron chi connectivity index (χ0n) is 9.28. The first-order valence-corrected chi connectivity index (χ1v) is 4.90. The minimum absolute atomic E-state index is 0.0289.